The van der Waals surface area contributed by atoms with E-state index in [9.17, 15) is 0 Å². The first-order valence-corrected chi connectivity index (χ1v) is 6.49. The average Bonchev–Trinajstić information content (AvgIpc) is 2.90. The Kier molecular flexibility index (Phi) is 3.99. The summed E-state index contributed by atoms with van der Waals surface area (Å²) in [5.74, 6) is 1.97. The molecule has 0 saturated heterocycles. The molecule has 0 bridgehead atoms. The van der Waals surface area contributed by atoms with E-state index in [4.69, 9.17) is 5.73 Å². The van der Waals surface area contributed by atoms with Crippen LogP contribution in [0.1, 0.15) is 44.3 Å². The van der Waals surface area contributed by atoms with E-state index in [2.05, 4.69) is 16.6 Å². The van der Waals surface area contributed by atoms with Crippen molar-refractivity contribution in [3.63, 3.8) is 0 Å². The van der Waals surface area contributed by atoms with E-state index in [-0.39, 0.29) is 0 Å². The normalized spacial score (nSPS) is 19.1. The number of imidazole rings is 1. The summed E-state index contributed by atoms with van der Waals surface area (Å²) in [5.41, 5.74) is 6.23. The minimum atomic E-state index is 0.419. The molecule has 1 aromatic heterocycles. The number of hydrogen-bond donors (Lipinski definition) is 1. The molecule has 16 heavy (non-hydrogen) atoms. The van der Waals surface area contributed by atoms with Gasteiger partial charge in [0.2, 0.25) is 0 Å². The lowest BCUT2D eigenvalue weighted by atomic mass is 9.94. The minimum Gasteiger partial charge on any atom is -0.338 e. The maximum atomic E-state index is 6.23. The molecule has 3 nitrogen and oxygen atoms in total. The Balaban J connectivity index is 1.69. The molecule has 3 heteroatoms. The highest BCUT2D eigenvalue weighted by Gasteiger charge is 2.21. The smallest absolute Gasteiger partial charge is 0.108 e. The van der Waals surface area contributed by atoms with Crippen LogP contribution in [0.15, 0.2) is 12.4 Å². The molecule has 90 valence electrons. The predicted molar refractivity (Wildman–Crippen MR) is 66.1 cm³/mol. The summed E-state index contributed by atoms with van der Waals surface area (Å²) in [6.07, 6.45) is 12.7. The maximum absolute atomic E-state index is 6.23. The van der Waals surface area contributed by atoms with Gasteiger partial charge in [0, 0.05) is 31.9 Å². The standard InChI is InChI=1S/C13H23N3/c1-16-10-9-15-13(16)8-4-7-12(14)11-5-2-3-6-11/h9-12H,2-8,14H2,1H3. The van der Waals surface area contributed by atoms with E-state index in [0.29, 0.717) is 6.04 Å². The summed E-state index contributed by atoms with van der Waals surface area (Å²) in [6.45, 7) is 0. The largest absolute Gasteiger partial charge is 0.338 e. The van der Waals surface area contributed by atoms with E-state index in [0.717, 1.165) is 18.8 Å². The summed E-state index contributed by atoms with van der Waals surface area (Å²) in [4.78, 5) is 4.33. The number of nitrogens with zero attached hydrogens (tertiary/aromatic N) is 2. The van der Waals surface area contributed by atoms with Crippen molar-refractivity contribution in [2.75, 3.05) is 0 Å². The van der Waals surface area contributed by atoms with Crippen molar-refractivity contribution in [1.82, 2.24) is 9.55 Å². The Labute approximate surface area is 98.1 Å². The van der Waals surface area contributed by atoms with Crippen molar-refractivity contribution < 1.29 is 0 Å². The second kappa shape index (κ2) is 5.48. The van der Waals surface area contributed by atoms with Crippen LogP contribution in [0.25, 0.3) is 0 Å². The van der Waals surface area contributed by atoms with Gasteiger partial charge in [-0.2, -0.15) is 0 Å². The Bertz CT molecular complexity index is 313. The third-order valence-corrected chi connectivity index (χ3v) is 3.86. The molecule has 1 unspecified atom stereocenters. The molecule has 1 heterocycles. The third-order valence-electron chi connectivity index (χ3n) is 3.86. The highest BCUT2D eigenvalue weighted by Crippen LogP contribution is 2.28. The van der Waals surface area contributed by atoms with Crippen LogP contribution in [0.4, 0.5) is 0 Å². The van der Waals surface area contributed by atoms with E-state index >= 15 is 0 Å². The zero-order valence-electron chi connectivity index (χ0n) is 10.2. The number of hydrogen-bond acceptors (Lipinski definition) is 2. The molecule has 1 atom stereocenters. The zero-order chi connectivity index (χ0) is 11.4. The molecular formula is C13H23N3. The highest BCUT2D eigenvalue weighted by atomic mass is 15.0. The molecule has 0 aliphatic heterocycles. The van der Waals surface area contributed by atoms with E-state index in [1.54, 1.807) is 0 Å². The fourth-order valence-electron chi connectivity index (χ4n) is 2.75. The van der Waals surface area contributed by atoms with Gasteiger partial charge in [-0.1, -0.05) is 12.8 Å². The molecule has 1 aromatic rings. The van der Waals surface area contributed by atoms with Gasteiger partial charge < -0.3 is 10.3 Å². The van der Waals surface area contributed by atoms with Crippen molar-refractivity contribution in [1.29, 1.82) is 0 Å². The Hall–Kier alpha value is -0.830. The number of nitrogens with two attached hydrogens (primary N) is 1. The van der Waals surface area contributed by atoms with Crippen molar-refractivity contribution in [2.45, 2.75) is 51.0 Å². The summed E-state index contributed by atoms with van der Waals surface area (Å²) in [6, 6.07) is 0.419. The Morgan fingerprint density at radius 3 is 2.88 bits per heavy atom. The summed E-state index contributed by atoms with van der Waals surface area (Å²) in [7, 11) is 2.05. The maximum Gasteiger partial charge on any atom is 0.108 e. The first-order valence-electron chi connectivity index (χ1n) is 6.49. The van der Waals surface area contributed by atoms with E-state index < -0.39 is 0 Å². The van der Waals surface area contributed by atoms with Crippen molar-refractivity contribution in [3.8, 4) is 0 Å². The van der Waals surface area contributed by atoms with Gasteiger partial charge in [0.05, 0.1) is 0 Å². The van der Waals surface area contributed by atoms with Crippen LogP contribution >= 0.6 is 0 Å². The summed E-state index contributed by atoms with van der Waals surface area (Å²) < 4.78 is 2.10. The molecule has 2 rings (SSSR count). The van der Waals surface area contributed by atoms with Crippen molar-refractivity contribution >= 4 is 0 Å². The monoisotopic (exact) mass is 221 g/mol. The van der Waals surface area contributed by atoms with Gasteiger partial charge in [0.1, 0.15) is 5.82 Å². The number of rotatable bonds is 5. The Morgan fingerprint density at radius 1 is 1.50 bits per heavy atom. The summed E-state index contributed by atoms with van der Waals surface area (Å²) in [5, 5.41) is 0. The second-order valence-electron chi connectivity index (χ2n) is 5.05. The fourth-order valence-corrected chi connectivity index (χ4v) is 2.75. The predicted octanol–water partition coefficient (Wildman–Crippen LogP) is 2.26. The molecule has 1 fully saturated rings. The number of aryl methyl sites for hydroxylation is 2. The topological polar surface area (TPSA) is 43.8 Å². The van der Waals surface area contributed by atoms with Gasteiger partial charge >= 0.3 is 0 Å². The molecule has 0 amide bonds. The fraction of sp³-hybridized carbons (Fsp3) is 0.769. The Morgan fingerprint density at radius 2 is 2.25 bits per heavy atom. The molecule has 2 N–H and O–H groups in total. The van der Waals surface area contributed by atoms with Crippen molar-refractivity contribution in [2.24, 2.45) is 18.7 Å². The SMILES string of the molecule is Cn1ccnc1CCCC(N)C1CCCC1. The van der Waals surface area contributed by atoms with Crippen LogP contribution in [0.2, 0.25) is 0 Å². The highest BCUT2D eigenvalue weighted by molar-refractivity contribution is 4.91. The van der Waals surface area contributed by atoms with Gasteiger partial charge in [0.25, 0.3) is 0 Å². The zero-order valence-corrected chi connectivity index (χ0v) is 10.2. The van der Waals surface area contributed by atoms with Gasteiger partial charge in [-0.3, -0.25) is 0 Å². The lowest BCUT2D eigenvalue weighted by Gasteiger charge is -2.18. The van der Waals surface area contributed by atoms with E-state index in [1.165, 1.54) is 37.9 Å². The first-order chi connectivity index (χ1) is 7.77. The van der Waals surface area contributed by atoms with Gasteiger partial charge in [-0.05, 0) is 31.6 Å². The number of aromatic nitrogens is 2. The summed E-state index contributed by atoms with van der Waals surface area (Å²) >= 11 is 0. The van der Waals surface area contributed by atoms with Crippen LogP contribution in [-0.4, -0.2) is 15.6 Å². The molecule has 0 spiro atoms. The lowest BCUT2D eigenvalue weighted by molar-refractivity contribution is 0.400. The first kappa shape index (κ1) is 11.6. The molecule has 1 saturated carbocycles. The third kappa shape index (κ3) is 2.85. The molecular weight excluding hydrogens is 198 g/mol. The minimum absolute atomic E-state index is 0.419. The van der Waals surface area contributed by atoms with Crippen LogP contribution in [0.5, 0.6) is 0 Å². The molecule has 0 aromatic carbocycles. The molecule has 1 aliphatic rings. The van der Waals surface area contributed by atoms with Crippen LogP contribution < -0.4 is 5.73 Å². The van der Waals surface area contributed by atoms with Gasteiger partial charge in [-0.15, -0.1) is 0 Å². The molecule has 0 radical (unpaired) electrons. The van der Waals surface area contributed by atoms with Gasteiger partial charge in [-0.25, -0.2) is 4.98 Å². The van der Waals surface area contributed by atoms with Gasteiger partial charge in [0.15, 0.2) is 0 Å². The molecule has 1 aliphatic carbocycles. The lowest BCUT2D eigenvalue weighted by Crippen LogP contribution is -2.28. The van der Waals surface area contributed by atoms with Crippen LogP contribution in [-0.2, 0) is 13.5 Å². The quantitative estimate of drug-likeness (QED) is 0.829. The van der Waals surface area contributed by atoms with Crippen LogP contribution in [0.3, 0.4) is 0 Å². The van der Waals surface area contributed by atoms with E-state index in [1.807, 2.05) is 12.4 Å². The van der Waals surface area contributed by atoms with Crippen LogP contribution in [0, 0.1) is 5.92 Å². The second-order valence-corrected chi connectivity index (χ2v) is 5.05. The van der Waals surface area contributed by atoms with Crippen molar-refractivity contribution in [3.05, 3.63) is 18.2 Å². The average molecular weight is 221 g/mol.